The fourth-order valence-electron chi connectivity index (χ4n) is 2.04. The third-order valence-corrected chi connectivity index (χ3v) is 3.12. The van der Waals surface area contributed by atoms with Gasteiger partial charge in [-0.1, -0.05) is 30.3 Å². The second-order valence-electron chi connectivity index (χ2n) is 4.92. The number of hydrogen-bond acceptors (Lipinski definition) is 5. The summed E-state index contributed by atoms with van der Waals surface area (Å²) >= 11 is 0. The van der Waals surface area contributed by atoms with Crippen LogP contribution in [0, 0.1) is 0 Å². The van der Waals surface area contributed by atoms with Crippen LogP contribution < -0.4 is 4.74 Å². The highest BCUT2D eigenvalue weighted by Crippen LogP contribution is 2.20. The van der Waals surface area contributed by atoms with Crippen LogP contribution in [0.4, 0.5) is 0 Å². The summed E-state index contributed by atoms with van der Waals surface area (Å²) in [5.41, 5.74) is 0. The first-order valence-corrected chi connectivity index (χ1v) is 7.66. The van der Waals surface area contributed by atoms with Crippen LogP contribution in [0.5, 0.6) is 5.75 Å². The first-order valence-electron chi connectivity index (χ1n) is 7.66. The third-order valence-electron chi connectivity index (χ3n) is 3.12. The minimum Gasteiger partial charge on any atom is -0.491 e. The van der Waals surface area contributed by atoms with Gasteiger partial charge in [0.15, 0.2) is 0 Å². The summed E-state index contributed by atoms with van der Waals surface area (Å²) in [4.78, 5) is 10.5. The lowest BCUT2D eigenvalue weighted by Gasteiger charge is -2.08. The van der Waals surface area contributed by atoms with E-state index in [4.69, 9.17) is 18.9 Å². The van der Waals surface area contributed by atoms with Gasteiger partial charge in [-0.2, -0.15) is 0 Å². The van der Waals surface area contributed by atoms with Crippen molar-refractivity contribution in [2.45, 2.75) is 6.92 Å². The number of hydrogen-bond donors (Lipinski definition) is 0. The molecule has 0 amide bonds. The molecule has 0 aliphatic rings. The Kier molecular flexibility index (Phi) is 7.36. The lowest BCUT2D eigenvalue weighted by Crippen LogP contribution is -2.13. The molecule has 0 atom stereocenters. The molecule has 23 heavy (non-hydrogen) atoms. The van der Waals surface area contributed by atoms with Crippen LogP contribution in [0.2, 0.25) is 0 Å². The molecule has 0 fully saturated rings. The topological polar surface area (TPSA) is 54.0 Å². The first-order chi connectivity index (χ1) is 11.3. The van der Waals surface area contributed by atoms with E-state index in [-0.39, 0.29) is 12.6 Å². The zero-order valence-corrected chi connectivity index (χ0v) is 13.3. The molecule has 5 heteroatoms. The highest BCUT2D eigenvalue weighted by molar-refractivity contribution is 5.83. The Labute approximate surface area is 136 Å². The number of ether oxygens (including phenoxy) is 4. The van der Waals surface area contributed by atoms with Crippen molar-refractivity contribution in [1.29, 1.82) is 0 Å². The van der Waals surface area contributed by atoms with E-state index >= 15 is 0 Å². The van der Waals surface area contributed by atoms with Crippen molar-refractivity contribution in [1.82, 2.24) is 0 Å². The van der Waals surface area contributed by atoms with Crippen LogP contribution in [0.3, 0.4) is 0 Å². The van der Waals surface area contributed by atoms with Gasteiger partial charge in [0.05, 0.1) is 26.4 Å². The van der Waals surface area contributed by atoms with Gasteiger partial charge in [-0.05, 0) is 22.9 Å². The molecule has 0 aliphatic heterocycles. The molecule has 0 N–H and O–H groups in total. The molecule has 2 aromatic carbocycles. The van der Waals surface area contributed by atoms with Crippen molar-refractivity contribution in [3.63, 3.8) is 0 Å². The van der Waals surface area contributed by atoms with Gasteiger partial charge in [-0.3, -0.25) is 4.79 Å². The summed E-state index contributed by atoms with van der Waals surface area (Å²) in [6.45, 7) is 3.99. The first kappa shape index (κ1) is 17.2. The van der Waals surface area contributed by atoms with Crippen molar-refractivity contribution >= 4 is 16.7 Å². The van der Waals surface area contributed by atoms with Gasteiger partial charge in [-0.25, -0.2) is 0 Å². The zero-order valence-electron chi connectivity index (χ0n) is 13.3. The molecule has 0 radical (unpaired) electrons. The SMILES string of the molecule is CC(=O)OCCOCCOCCOc1ccc2ccccc2c1. The number of carbonyl (C=O) groups excluding carboxylic acids is 1. The van der Waals surface area contributed by atoms with Gasteiger partial charge >= 0.3 is 5.97 Å². The minimum atomic E-state index is -0.296. The van der Waals surface area contributed by atoms with Gasteiger partial charge in [0.1, 0.15) is 19.0 Å². The number of benzene rings is 2. The zero-order chi connectivity index (χ0) is 16.3. The number of fused-ring (bicyclic) bond motifs is 1. The third kappa shape index (κ3) is 6.67. The Morgan fingerprint density at radius 1 is 0.826 bits per heavy atom. The Morgan fingerprint density at radius 3 is 2.22 bits per heavy atom. The lowest BCUT2D eigenvalue weighted by molar-refractivity contribution is -0.142. The van der Waals surface area contributed by atoms with Crippen LogP contribution in [0.25, 0.3) is 10.8 Å². The van der Waals surface area contributed by atoms with E-state index in [0.717, 1.165) is 11.1 Å². The van der Waals surface area contributed by atoms with Crippen LogP contribution in [-0.2, 0) is 19.0 Å². The number of carbonyl (C=O) groups is 1. The maximum Gasteiger partial charge on any atom is 0.302 e. The molecule has 0 heterocycles. The van der Waals surface area contributed by atoms with Gasteiger partial charge in [-0.15, -0.1) is 0 Å². The second kappa shape index (κ2) is 9.82. The minimum absolute atomic E-state index is 0.278. The fraction of sp³-hybridized carbons (Fsp3) is 0.389. The summed E-state index contributed by atoms with van der Waals surface area (Å²) in [6, 6.07) is 14.2. The van der Waals surface area contributed by atoms with E-state index in [1.165, 1.54) is 12.3 Å². The molecule has 0 bridgehead atoms. The largest absolute Gasteiger partial charge is 0.491 e. The van der Waals surface area contributed by atoms with Crippen molar-refractivity contribution in [3.05, 3.63) is 42.5 Å². The molecule has 0 aliphatic carbocycles. The summed E-state index contributed by atoms with van der Waals surface area (Å²) < 4.78 is 21.1. The molecule has 0 aromatic heterocycles. The maximum absolute atomic E-state index is 10.5. The number of rotatable bonds is 10. The second-order valence-corrected chi connectivity index (χ2v) is 4.92. The summed E-state index contributed by atoms with van der Waals surface area (Å²) in [6.07, 6.45) is 0. The molecule has 0 saturated heterocycles. The van der Waals surface area contributed by atoms with Crippen LogP contribution in [-0.4, -0.2) is 45.6 Å². The fourth-order valence-corrected chi connectivity index (χ4v) is 2.04. The highest BCUT2D eigenvalue weighted by atomic mass is 16.6. The van der Waals surface area contributed by atoms with E-state index in [1.54, 1.807) is 0 Å². The van der Waals surface area contributed by atoms with E-state index in [0.29, 0.717) is 33.0 Å². The molecule has 0 unspecified atom stereocenters. The molecule has 2 aromatic rings. The predicted octanol–water partition coefficient (Wildman–Crippen LogP) is 2.81. The van der Waals surface area contributed by atoms with Gasteiger partial charge < -0.3 is 18.9 Å². The number of esters is 1. The average Bonchev–Trinajstić information content (AvgIpc) is 2.56. The molecular weight excluding hydrogens is 296 g/mol. The van der Waals surface area contributed by atoms with Crippen LogP contribution in [0.1, 0.15) is 6.92 Å². The van der Waals surface area contributed by atoms with Gasteiger partial charge in [0, 0.05) is 6.92 Å². The van der Waals surface area contributed by atoms with E-state index in [9.17, 15) is 4.79 Å². The average molecular weight is 318 g/mol. The lowest BCUT2D eigenvalue weighted by atomic mass is 10.1. The van der Waals surface area contributed by atoms with E-state index in [1.807, 2.05) is 30.3 Å². The Bertz CT molecular complexity index is 611. The van der Waals surface area contributed by atoms with Crippen molar-refractivity contribution in [2.24, 2.45) is 0 Å². The monoisotopic (exact) mass is 318 g/mol. The summed E-state index contributed by atoms with van der Waals surface area (Å²) in [5.74, 6) is 0.542. The molecule has 2 rings (SSSR count). The summed E-state index contributed by atoms with van der Waals surface area (Å²) in [5, 5.41) is 2.36. The Balaban J connectivity index is 1.52. The quantitative estimate of drug-likeness (QED) is 0.498. The molecular formula is C18H22O5. The standard InChI is InChI=1S/C18H22O5/c1-15(19)22-12-10-20-8-9-21-11-13-23-18-7-6-16-4-2-3-5-17(16)14-18/h2-7,14H,8-13H2,1H3. The molecule has 124 valence electrons. The maximum atomic E-state index is 10.5. The predicted molar refractivity (Wildman–Crippen MR) is 87.7 cm³/mol. The summed E-state index contributed by atoms with van der Waals surface area (Å²) in [7, 11) is 0. The van der Waals surface area contributed by atoms with E-state index in [2.05, 4.69) is 12.1 Å². The van der Waals surface area contributed by atoms with Gasteiger partial charge in [0.2, 0.25) is 0 Å². The highest BCUT2D eigenvalue weighted by Gasteiger charge is 1.97. The van der Waals surface area contributed by atoms with E-state index < -0.39 is 0 Å². The van der Waals surface area contributed by atoms with Crippen molar-refractivity contribution in [2.75, 3.05) is 39.6 Å². The normalized spacial score (nSPS) is 10.7. The van der Waals surface area contributed by atoms with Crippen molar-refractivity contribution < 1.29 is 23.7 Å². The van der Waals surface area contributed by atoms with Crippen LogP contribution in [0.15, 0.2) is 42.5 Å². The molecule has 0 saturated carbocycles. The van der Waals surface area contributed by atoms with Gasteiger partial charge in [0.25, 0.3) is 0 Å². The molecule has 0 spiro atoms. The smallest absolute Gasteiger partial charge is 0.302 e. The molecule has 5 nitrogen and oxygen atoms in total. The van der Waals surface area contributed by atoms with Crippen molar-refractivity contribution in [3.8, 4) is 5.75 Å². The Morgan fingerprint density at radius 2 is 1.48 bits per heavy atom. The van der Waals surface area contributed by atoms with Crippen LogP contribution >= 0.6 is 0 Å². The Hall–Kier alpha value is -2.11.